The Bertz CT molecular complexity index is 504. The molecule has 0 fully saturated rings. The van der Waals surface area contributed by atoms with Crippen LogP contribution in [0.2, 0.25) is 5.02 Å². The van der Waals surface area contributed by atoms with E-state index in [0.717, 1.165) is 33.7 Å². The molecule has 0 saturated heterocycles. The molecule has 0 radical (unpaired) electrons. The monoisotopic (exact) mass is 345 g/mol. The van der Waals surface area contributed by atoms with Gasteiger partial charge in [0.05, 0.1) is 11.7 Å². The van der Waals surface area contributed by atoms with Crippen molar-refractivity contribution in [3.63, 3.8) is 0 Å². The number of hydrogen-bond donors (Lipinski definition) is 1. The molecule has 1 unspecified atom stereocenters. The normalized spacial score (nSPS) is 12.6. The van der Waals surface area contributed by atoms with Crippen LogP contribution in [0.15, 0.2) is 28.1 Å². The minimum Gasteiger partial charge on any atom is -0.309 e. The summed E-state index contributed by atoms with van der Waals surface area (Å²) in [7, 11) is 0. The van der Waals surface area contributed by atoms with Crippen LogP contribution < -0.4 is 5.32 Å². The molecule has 0 spiro atoms. The lowest BCUT2D eigenvalue weighted by Crippen LogP contribution is -2.23. The summed E-state index contributed by atoms with van der Waals surface area (Å²) in [6, 6.07) is 6.12. The maximum Gasteiger partial charge on any atom is 0.0928 e. The Morgan fingerprint density at radius 2 is 2.33 bits per heavy atom. The molecule has 96 valence electrons. The standard InChI is InChI=1S/C12H13BrClN3S/c1-2-15-11(12-7-18-17-16-12)5-8-3-4-9(13)6-10(8)14/h3-4,6-7,11,15H,2,5H2,1H3. The molecule has 0 bridgehead atoms. The maximum absolute atomic E-state index is 6.24. The van der Waals surface area contributed by atoms with E-state index in [0.29, 0.717) is 0 Å². The van der Waals surface area contributed by atoms with Gasteiger partial charge in [0.25, 0.3) is 0 Å². The van der Waals surface area contributed by atoms with Crippen molar-refractivity contribution in [2.45, 2.75) is 19.4 Å². The highest BCUT2D eigenvalue weighted by Crippen LogP contribution is 2.26. The van der Waals surface area contributed by atoms with Gasteiger partial charge in [-0.25, -0.2) is 0 Å². The lowest BCUT2D eigenvalue weighted by atomic mass is 10.0. The van der Waals surface area contributed by atoms with E-state index >= 15 is 0 Å². The number of likely N-dealkylation sites (N-methyl/N-ethyl adjacent to an activating group) is 1. The molecule has 3 nitrogen and oxygen atoms in total. The van der Waals surface area contributed by atoms with Gasteiger partial charge in [0.15, 0.2) is 0 Å². The molecule has 6 heteroatoms. The predicted octanol–water partition coefficient (Wildman–Crippen LogP) is 3.85. The second kappa shape index (κ2) is 6.61. The molecule has 1 atom stereocenters. The Labute approximate surface area is 124 Å². The Kier molecular flexibility index (Phi) is 5.12. The third kappa shape index (κ3) is 3.51. The predicted molar refractivity (Wildman–Crippen MR) is 79.2 cm³/mol. The highest BCUT2D eigenvalue weighted by atomic mass is 79.9. The lowest BCUT2D eigenvalue weighted by Gasteiger charge is -2.16. The van der Waals surface area contributed by atoms with E-state index in [-0.39, 0.29) is 6.04 Å². The number of aromatic nitrogens is 2. The smallest absolute Gasteiger partial charge is 0.0928 e. The minimum atomic E-state index is 0.160. The van der Waals surface area contributed by atoms with E-state index in [4.69, 9.17) is 11.6 Å². The third-order valence-corrected chi connectivity index (χ3v) is 3.99. The fraction of sp³-hybridized carbons (Fsp3) is 0.333. The second-order valence-corrected chi connectivity index (χ2v) is 5.81. The van der Waals surface area contributed by atoms with Crippen molar-refractivity contribution < 1.29 is 0 Å². The van der Waals surface area contributed by atoms with Gasteiger partial charge in [-0.05, 0) is 42.2 Å². The first-order valence-corrected chi connectivity index (χ1v) is 7.65. The van der Waals surface area contributed by atoms with E-state index in [9.17, 15) is 0 Å². The van der Waals surface area contributed by atoms with Gasteiger partial charge in [-0.15, -0.1) is 5.10 Å². The number of benzene rings is 1. The van der Waals surface area contributed by atoms with Gasteiger partial charge in [0.2, 0.25) is 0 Å². The van der Waals surface area contributed by atoms with E-state index in [2.05, 4.69) is 37.8 Å². The Morgan fingerprint density at radius 1 is 1.50 bits per heavy atom. The summed E-state index contributed by atoms with van der Waals surface area (Å²) in [4.78, 5) is 0. The van der Waals surface area contributed by atoms with Crippen LogP contribution in [0.1, 0.15) is 24.2 Å². The first-order valence-electron chi connectivity index (χ1n) is 5.65. The van der Waals surface area contributed by atoms with Crippen LogP contribution in [0, 0.1) is 0 Å². The molecule has 0 amide bonds. The van der Waals surface area contributed by atoms with Crippen LogP contribution in [-0.2, 0) is 6.42 Å². The van der Waals surface area contributed by atoms with Crippen LogP contribution in [0.5, 0.6) is 0 Å². The van der Waals surface area contributed by atoms with Crippen molar-refractivity contribution in [1.82, 2.24) is 14.9 Å². The quantitative estimate of drug-likeness (QED) is 0.893. The van der Waals surface area contributed by atoms with Crippen LogP contribution in [0.4, 0.5) is 0 Å². The summed E-state index contributed by atoms with van der Waals surface area (Å²) >= 11 is 11.0. The second-order valence-electron chi connectivity index (χ2n) is 3.88. The molecule has 0 aliphatic heterocycles. The topological polar surface area (TPSA) is 37.8 Å². The van der Waals surface area contributed by atoms with E-state index in [1.54, 1.807) is 0 Å². The average molecular weight is 347 g/mol. The molecule has 1 aromatic carbocycles. The number of hydrogen-bond acceptors (Lipinski definition) is 4. The molecule has 1 aromatic heterocycles. The lowest BCUT2D eigenvalue weighted by molar-refractivity contribution is 0.535. The molecule has 1 N–H and O–H groups in total. The summed E-state index contributed by atoms with van der Waals surface area (Å²) in [5.74, 6) is 0. The van der Waals surface area contributed by atoms with Crippen molar-refractivity contribution in [2.24, 2.45) is 0 Å². The Morgan fingerprint density at radius 3 is 2.94 bits per heavy atom. The number of nitrogens with zero attached hydrogens (tertiary/aromatic N) is 2. The number of halogens is 2. The van der Waals surface area contributed by atoms with Gasteiger partial charge < -0.3 is 5.32 Å². The minimum absolute atomic E-state index is 0.160. The molecule has 0 aliphatic rings. The number of nitrogens with one attached hydrogen (secondary N) is 1. The molecule has 0 saturated carbocycles. The van der Waals surface area contributed by atoms with Crippen LogP contribution in [0.25, 0.3) is 0 Å². The summed E-state index contributed by atoms with van der Waals surface area (Å²) in [6.07, 6.45) is 0.811. The fourth-order valence-corrected chi connectivity index (χ4v) is 3.02. The first-order chi connectivity index (χ1) is 8.70. The largest absolute Gasteiger partial charge is 0.309 e. The molecule has 18 heavy (non-hydrogen) atoms. The first kappa shape index (κ1) is 13.9. The van der Waals surface area contributed by atoms with Gasteiger partial charge in [-0.3, -0.25) is 0 Å². The van der Waals surface area contributed by atoms with Crippen LogP contribution in [0.3, 0.4) is 0 Å². The highest BCUT2D eigenvalue weighted by molar-refractivity contribution is 9.10. The zero-order valence-electron chi connectivity index (χ0n) is 9.86. The van der Waals surface area contributed by atoms with Gasteiger partial charge in [0, 0.05) is 14.9 Å². The SMILES string of the molecule is CCNC(Cc1ccc(Br)cc1Cl)c1csnn1. The molecule has 0 aliphatic carbocycles. The van der Waals surface area contributed by atoms with Crippen molar-refractivity contribution >= 4 is 39.1 Å². The molecular weight excluding hydrogens is 334 g/mol. The van der Waals surface area contributed by atoms with Gasteiger partial charge in [-0.2, -0.15) is 0 Å². The summed E-state index contributed by atoms with van der Waals surface area (Å²) < 4.78 is 4.91. The van der Waals surface area contributed by atoms with Crippen molar-refractivity contribution in [1.29, 1.82) is 0 Å². The fourth-order valence-electron chi connectivity index (χ4n) is 1.76. The van der Waals surface area contributed by atoms with Crippen LogP contribution in [-0.4, -0.2) is 16.1 Å². The van der Waals surface area contributed by atoms with Crippen LogP contribution >= 0.6 is 39.1 Å². The van der Waals surface area contributed by atoms with Crippen molar-refractivity contribution in [3.05, 3.63) is 44.3 Å². The molecule has 2 rings (SSSR count). The molecule has 2 aromatic rings. The average Bonchev–Trinajstić information content (AvgIpc) is 2.85. The van der Waals surface area contributed by atoms with Gasteiger partial charge in [-0.1, -0.05) is 45.0 Å². The summed E-state index contributed by atoms with van der Waals surface area (Å²) in [6.45, 7) is 2.96. The van der Waals surface area contributed by atoms with E-state index < -0.39 is 0 Å². The Balaban J connectivity index is 2.18. The molecular formula is C12H13BrClN3S. The van der Waals surface area contributed by atoms with E-state index in [1.165, 1.54) is 11.5 Å². The summed E-state index contributed by atoms with van der Waals surface area (Å²) in [5, 5.41) is 10.3. The molecule has 1 heterocycles. The van der Waals surface area contributed by atoms with Crippen molar-refractivity contribution in [3.8, 4) is 0 Å². The third-order valence-electron chi connectivity index (χ3n) is 2.62. The highest BCUT2D eigenvalue weighted by Gasteiger charge is 2.15. The van der Waals surface area contributed by atoms with Crippen molar-refractivity contribution in [2.75, 3.05) is 6.54 Å². The zero-order chi connectivity index (χ0) is 13.0. The van der Waals surface area contributed by atoms with E-state index in [1.807, 2.05) is 23.6 Å². The zero-order valence-corrected chi connectivity index (χ0v) is 13.0. The van der Waals surface area contributed by atoms with Gasteiger partial charge >= 0.3 is 0 Å². The number of rotatable bonds is 5. The summed E-state index contributed by atoms with van der Waals surface area (Å²) in [5.41, 5.74) is 2.08. The maximum atomic E-state index is 6.24. The Hall–Kier alpha value is -0.490. The van der Waals surface area contributed by atoms with Gasteiger partial charge in [0.1, 0.15) is 0 Å².